The number of fused-ring (bicyclic) bond motifs is 5. The molecule has 2 aliphatic heterocycles. The van der Waals surface area contributed by atoms with E-state index in [9.17, 15) is 28.9 Å². The van der Waals surface area contributed by atoms with Crippen molar-refractivity contribution in [3.63, 3.8) is 0 Å². The van der Waals surface area contributed by atoms with Crippen LogP contribution in [0, 0.1) is 19.7 Å². The summed E-state index contributed by atoms with van der Waals surface area (Å²) in [6.07, 6.45) is 0.822. The summed E-state index contributed by atoms with van der Waals surface area (Å²) in [4.78, 5) is 55.5. The van der Waals surface area contributed by atoms with Gasteiger partial charge < -0.3 is 24.3 Å². The summed E-state index contributed by atoms with van der Waals surface area (Å²) in [6, 6.07) is 16.1. The topological polar surface area (TPSA) is 166 Å². The number of esters is 1. The van der Waals surface area contributed by atoms with Gasteiger partial charge in [0.25, 0.3) is 5.56 Å². The maximum atomic E-state index is 15.3. The average molecular weight is 754 g/mol. The molecule has 3 aromatic carbocycles. The van der Waals surface area contributed by atoms with Crippen molar-refractivity contribution in [2.45, 2.75) is 77.9 Å². The summed E-state index contributed by atoms with van der Waals surface area (Å²) in [5.74, 6) is -1.54. The molecule has 8 rings (SSSR count). The normalized spacial score (nSPS) is 19.4. The zero-order valence-corrected chi connectivity index (χ0v) is 30.7. The third kappa shape index (κ3) is 6.11. The molecule has 5 aromatic rings. The third-order valence-electron chi connectivity index (χ3n) is 10.7. The second-order valence-corrected chi connectivity index (χ2v) is 15.5. The second-order valence-electron chi connectivity index (χ2n) is 14.1. The number of phosphoric ester groups is 1. The first kappa shape index (κ1) is 35.8. The van der Waals surface area contributed by atoms with Gasteiger partial charge in [-0.1, -0.05) is 48.9 Å². The Labute approximate surface area is 309 Å². The van der Waals surface area contributed by atoms with Crippen LogP contribution in [0.4, 0.5) is 4.39 Å². The van der Waals surface area contributed by atoms with Gasteiger partial charge in [0.2, 0.25) is 5.91 Å². The zero-order valence-electron chi connectivity index (χ0n) is 29.8. The van der Waals surface area contributed by atoms with Crippen molar-refractivity contribution < 1.29 is 42.3 Å². The average Bonchev–Trinajstić information content (AvgIpc) is 3.51. The highest BCUT2D eigenvalue weighted by Gasteiger charge is 2.46. The van der Waals surface area contributed by atoms with Gasteiger partial charge in [0.15, 0.2) is 5.60 Å². The van der Waals surface area contributed by atoms with E-state index >= 15 is 4.39 Å². The summed E-state index contributed by atoms with van der Waals surface area (Å²) in [6.45, 7) is 4.98. The zero-order chi connectivity index (χ0) is 38.1. The largest absolute Gasteiger partial charge is 0.527 e. The fraction of sp³-hybridized carbons (Fsp3) is 0.300. The molecule has 1 amide bonds. The Morgan fingerprint density at radius 1 is 1.09 bits per heavy atom. The number of rotatable bonds is 9. The highest BCUT2D eigenvalue weighted by Crippen LogP contribution is 2.47. The van der Waals surface area contributed by atoms with Gasteiger partial charge in [0.05, 0.1) is 48.1 Å². The molecule has 0 saturated carbocycles. The number of hydrogen-bond donors (Lipinski definition) is 3. The van der Waals surface area contributed by atoms with Gasteiger partial charge in [-0.3, -0.25) is 19.0 Å². The molecular weight excluding hydrogens is 716 g/mol. The maximum absolute atomic E-state index is 15.3. The smallest absolute Gasteiger partial charge is 0.458 e. The van der Waals surface area contributed by atoms with Crippen LogP contribution in [0.2, 0.25) is 0 Å². The van der Waals surface area contributed by atoms with Crippen LogP contribution in [0.15, 0.2) is 65.5 Å². The Bertz CT molecular complexity index is 2520. The number of halogens is 1. The molecule has 0 bridgehead atoms. The van der Waals surface area contributed by atoms with Crippen molar-refractivity contribution in [2.24, 2.45) is 0 Å². The SMILES string of the molecule is CC[C@@]1(O)C(=O)OCc2c1cc1n(c2=O)Cc2c-1nc1cc(F)c(C)c3c1c2[C@@H](NC(=O)Cc1cccc(OP(=O)(O)OCc2ccc(C)cc2)c1)CC3. The Kier molecular flexibility index (Phi) is 8.80. The lowest BCUT2D eigenvalue weighted by Gasteiger charge is -2.31. The number of nitrogens with zero attached hydrogens (tertiary/aromatic N) is 2. The van der Waals surface area contributed by atoms with Crippen molar-refractivity contribution in [2.75, 3.05) is 0 Å². The summed E-state index contributed by atoms with van der Waals surface area (Å²) in [5, 5.41) is 15.2. The van der Waals surface area contributed by atoms with E-state index in [1.54, 1.807) is 44.2 Å². The van der Waals surface area contributed by atoms with Gasteiger partial charge in [0, 0.05) is 22.6 Å². The highest BCUT2D eigenvalue weighted by molar-refractivity contribution is 7.47. The third-order valence-corrected chi connectivity index (χ3v) is 11.6. The van der Waals surface area contributed by atoms with Crippen LogP contribution in [0.5, 0.6) is 5.75 Å². The number of benzene rings is 3. The molecule has 0 fully saturated rings. The van der Waals surface area contributed by atoms with Gasteiger partial charge in [0.1, 0.15) is 18.2 Å². The summed E-state index contributed by atoms with van der Waals surface area (Å²) < 4.78 is 45.3. The number of hydrogen-bond acceptors (Lipinski definition) is 9. The number of pyridine rings is 2. The predicted molar refractivity (Wildman–Crippen MR) is 195 cm³/mol. The van der Waals surface area contributed by atoms with E-state index in [0.29, 0.717) is 52.0 Å². The van der Waals surface area contributed by atoms with E-state index < -0.39 is 36.8 Å². The number of cyclic esters (lactones) is 1. The molecule has 278 valence electrons. The molecule has 12 nitrogen and oxygen atoms in total. The number of nitrogens with one attached hydrogen (secondary N) is 1. The van der Waals surface area contributed by atoms with Crippen molar-refractivity contribution in [1.29, 1.82) is 0 Å². The number of ether oxygens (including phenoxy) is 1. The lowest BCUT2D eigenvalue weighted by atomic mass is 9.81. The summed E-state index contributed by atoms with van der Waals surface area (Å²) >= 11 is 0. The molecular formula is C40H37FN3O9P. The molecule has 0 spiro atoms. The minimum absolute atomic E-state index is 0.0108. The number of amides is 1. The summed E-state index contributed by atoms with van der Waals surface area (Å²) in [5.41, 5.74) is 4.04. The van der Waals surface area contributed by atoms with E-state index in [0.717, 1.165) is 22.1 Å². The molecule has 0 radical (unpaired) electrons. The molecule has 54 heavy (non-hydrogen) atoms. The maximum Gasteiger partial charge on any atom is 0.527 e. The standard InChI is InChI=1S/C40H37FN3O9P/c1-4-40(48)29-16-33-37-27(18-44(33)38(46)28(29)20-51-39(40)47)36-31(13-12-26-22(3)30(41)17-32(43-37)35(26)36)42-34(45)15-24-6-5-7-25(14-24)53-54(49,50)52-19-23-10-8-21(2)9-11-23/h5-11,14,16-17,31,48H,4,12-13,15,18-20H2,1-3H3,(H,42,45)(H,49,50)/t31-,40-/m0/s1. The van der Waals surface area contributed by atoms with E-state index in [4.69, 9.17) is 18.8 Å². The number of carbonyl (C=O) groups excluding carboxylic acids is 2. The minimum atomic E-state index is -4.49. The number of aromatic nitrogens is 2. The fourth-order valence-electron chi connectivity index (χ4n) is 7.84. The number of aryl methyl sites for hydroxylation is 2. The van der Waals surface area contributed by atoms with Gasteiger partial charge in [-0.05, 0) is 79.1 Å². The number of aliphatic hydroxyl groups is 1. The lowest BCUT2D eigenvalue weighted by Crippen LogP contribution is -2.44. The van der Waals surface area contributed by atoms with E-state index in [1.165, 1.54) is 22.8 Å². The van der Waals surface area contributed by atoms with Crippen LogP contribution >= 0.6 is 7.82 Å². The Morgan fingerprint density at radius 2 is 1.87 bits per heavy atom. The second kappa shape index (κ2) is 13.3. The molecule has 2 aromatic heterocycles. The lowest BCUT2D eigenvalue weighted by molar-refractivity contribution is -0.172. The number of phosphoric acid groups is 1. The highest BCUT2D eigenvalue weighted by atomic mass is 31.2. The Hall–Kier alpha value is -5.20. The van der Waals surface area contributed by atoms with Crippen LogP contribution in [-0.4, -0.2) is 31.4 Å². The molecule has 1 aliphatic carbocycles. The predicted octanol–water partition coefficient (Wildman–Crippen LogP) is 5.88. The van der Waals surface area contributed by atoms with Crippen molar-refractivity contribution in [3.05, 3.63) is 127 Å². The first-order chi connectivity index (χ1) is 25.8. The number of carbonyl (C=O) groups is 2. The minimum Gasteiger partial charge on any atom is -0.458 e. The van der Waals surface area contributed by atoms with Crippen LogP contribution in [-0.2, 0) is 61.6 Å². The van der Waals surface area contributed by atoms with Crippen molar-refractivity contribution in [1.82, 2.24) is 14.9 Å². The van der Waals surface area contributed by atoms with E-state index in [2.05, 4.69) is 5.32 Å². The van der Waals surface area contributed by atoms with Crippen LogP contribution < -0.4 is 15.4 Å². The van der Waals surface area contributed by atoms with Crippen molar-refractivity contribution in [3.8, 4) is 17.1 Å². The first-order valence-electron chi connectivity index (χ1n) is 17.7. The van der Waals surface area contributed by atoms with Crippen LogP contribution in [0.1, 0.15) is 75.9 Å². The summed E-state index contributed by atoms with van der Waals surface area (Å²) in [7, 11) is -4.49. The Morgan fingerprint density at radius 3 is 2.63 bits per heavy atom. The molecule has 4 heterocycles. The molecule has 3 N–H and O–H groups in total. The fourth-order valence-corrected chi connectivity index (χ4v) is 8.59. The van der Waals surface area contributed by atoms with Crippen molar-refractivity contribution >= 4 is 30.6 Å². The van der Waals surface area contributed by atoms with Crippen LogP contribution in [0.25, 0.3) is 22.3 Å². The molecule has 1 unspecified atom stereocenters. The molecule has 14 heteroatoms. The van der Waals surface area contributed by atoms with Gasteiger partial charge >= 0.3 is 13.8 Å². The molecule has 3 atom stereocenters. The van der Waals surface area contributed by atoms with Gasteiger partial charge in [-0.25, -0.2) is 18.7 Å². The van der Waals surface area contributed by atoms with Gasteiger partial charge in [-0.15, -0.1) is 0 Å². The van der Waals surface area contributed by atoms with Crippen LogP contribution in [0.3, 0.4) is 0 Å². The molecule has 3 aliphatic rings. The van der Waals surface area contributed by atoms with Gasteiger partial charge in [-0.2, -0.15) is 0 Å². The first-order valence-corrected chi connectivity index (χ1v) is 19.2. The monoisotopic (exact) mass is 753 g/mol. The molecule has 0 saturated heterocycles. The van der Waals surface area contributed by atoms with E-state index in [1.807, 2.05) is 19.1 Å². The quantitative estimate of drug-likeness (QED) is 0.120. The Balaban J connectivity index is 1.09. The van der Waals surface area contributed by atoms with E-state index in [-0.39, 0.29) is 55.4 Å².